The van der Waals surface area contributed by atoms with E-state index in [4.69, 9.17) is 4.74 Å². The van der Waals surface area contributed by atoms with Gasteiger partial charge in [0.25, 0.3) is 0 Å². The summed E-state index contributed by atoms with van der Waals surface area (Å²) >= 11 is 0. The predicted octanol–water partition coefficient (Wildman–Crippen LogP) is 3.85. The van der Waals surface area contributed by atoms with E-state index >= 15 is 0 Å². The van der Waals surface area contributed by atoms with Gasteiger partial charge in [-0.3, -0.25) is 4.79 Å². The Morgan fingerprint density at radius 1 is 1.23 bits per heavy atom. The number of benzene rings is 2. The Kier molecular flexibility index (Phi) is 3.59. The van der Waals surface area contributed by atoms with Crippen LogP contribution in [-0.4, -0.2) is 25.0 Å². The van der Waals surface area contributed by atoms with E-state index in [1.54, 1.807) is 7.11 Å². The number of ether oxygens (including phenoxy) is 1. The van der Waals surface area contributed by atoms with E-state index in [9.17, 15) is 4.79 Å². The van der Waals surface area contributed by atoms with Crippen molar-refractivity contribution >= 4 is 16.7 Å². The number of carbonyl (C=O) groups is 1. The molecule has 0 saturated heterocycles. The summed E-state index contributed by atoms with van der Waals surface area (Å²) in [5.41, 5.74) is 1.33. The van der Waals surface area contributed by atoms with Crippen molar-refractivity contribution in [2.45, 2.75) is 26.8 Å². The lowest BCUT2D eigenvalue weighted by Crippen LogP contribution is -2.29. The van der Waals surface area contributed by atoms with Crippen molar-refractivity contribution in [2.75, 3.05) is 14.2 Å². The molecule has 2 aromatic rings. The first-order valence-corrected chi connectivity index (χ1v) is 7.73. The Hall–Kier alpha value is -2.03. The van der Waals surface area contributed by atoms with E-state index in [-0.39, 0.29) is 17.2 Å². The van der Waals surface area contributed by atoms with Crippen LogP contribution < -0.4 is 4.74 Å². The summed E-state index contributed by atoms with van der Waals surface area (Å²) in [6.07, 6.45) is 1.000. The molecule has 0 heterocycles. The second kappa shape index (κ2) is 5.31. The largest absolute Gasteiger partial charge is 0.496 e. The van der Waals surface area contributed by atoms with Crippen LogP contribution in [0.3, 0.4) is 0 Å². The summed E-state index contributed by atoms with van der Waals surface area (Å²) in [6, 6.07) is 12.2. The molecular formula is C19H23NO2. The summed E-state index contributed by atoms with van der Waals surface area (Å²) in [5.74, 6) is 1.31. The zero-order valence-corrected chi connectivity index (χ0v) is 13.7. The van der Waals surface area contributed by atoms with Gasteiger partial charge in [0.15, 0.2) is 0 Å². The Labute approximate surface area is 131 Å². The molecule has 1 atom stereocenters. The quantitative estimate of drug-likeness (QED) is 0.858. The van der Waals surface area contributed by atoms with Crippen molar-refractivity contribution in [3.05, 3.63) is 42.0 Å². The number of nitrogens with zero attached hydrogens (tertiary/aromatic N) is 1. The van der Waals surface area contributed by atoms with Crippen molar-refractivity contribution in [3.63, 3.8) is 0 Å². The highest BCUT2D eigenvalue weighted by Crippen LogP contribution is 2.52. The molecule has 0 aliphatic heterocycles. The smallest absolute Gasteiger partial charge is 0.226 e. The van der Waals surface area contributed by atoms with Crippen LogP contribution in [0.5, 0.6) is 5.75 Å². The highest BCUT2D eigenvalue weighted by atomic mass is 16.5. The van der Waals surface area contributed by atoms with Crippen molar-refractivity contribution in [2.24, 2.45) is 11.3 Å². The van der Waals surface area contributed by atoms with Crippen molar-refractivity contribution in [1.29, 1.82) is 0 Å². The van der Waals surface area contributed by atoms with Gasteiger partial charge >= 0.3 is 0 Å². The van der Waals surface area contributed by atoms with Gasteiger partial charge in [0.2, 0.25) is 5.91 Å². The second-order valence-electron chi connectivity index (χ2n) is 6.91. The molecule has 116 valence electrons. The monoisotopic (exact) mass is 297 g/mol. The molecule has 1 unspecified atom stereocenters. The SMILES string of the molecule is COc1ccc(CN(C)C(=O)C2CC2(C)C)c2ccccc12. The third kappa shape index (κ3) is 2.56. The van der Waals surface area contributed by atoms with Crippen molar-refractivity contribution < 1.29 is 9.53 Å². The molecular weight excluding hydrogens is 274 g/mol. The van der Waals surface area contributed by atoms with Gasteiger partial charge in [-0.2, -0.15) is 0 Å². The minimum absolute atomic E-state index is 0.174. The summed E-state index contributed by atoms with van der Waals surface area (Å²) in [5, 5.41) is 2.24. The van der Waals surface area contributed by atoms with E-state index < -0.39 is 0 Å². The average Bonchev–Trinajstić information content (AvgIpc) is 3.15. The molecule has 2 aromatic carbocycles. The number of hydrogen-bond donors (Lipinski definition) is 0. The van der Waals surface area contributed by atoms with Crippen LogP contribution in [-0.2, 0) is 11.3 Å². The lowest BCUT2D eigenvalue weighted by Gasteiger charge is -2.20. The summed E-state index contributed by atoms with van der Waals surface area (Å²) in [7, 11) is 3.59. The fraction of sp³-hybridized carbons (Fsp3) is 0.421. The molecule has 3 heteroatoms. The molecule has 1 saturated carbocycles. The molecule has 3 rings (SSSR count). The van der Waals surface area contributed by atoms with Gasteiger partial charge in [-0.1, -0.05) is 44.2 Å². The Morgan fingerprint density at radius 2 is 1.86 bits per heavy atom. The maximum Gasteiger partial charge on any atom is 0.226 e. The number of amides is 1. The first kappa shape index (κ1) is 14.9. The number of fused-ring (bicyclic) bond motifs is 1. The van der Waals surface area contributed by atoms with E-state index in [0.29, 0.717) is 6.54 Å². The van der Waals surface area contributed by atoms with E-state index in [2.05, 4.69) is 32.0 Å². The van der Waals surface area contributed by atoms with Crippen LogP contribution in [0, 0.1) is 11.3 Å². The zero-order valence-electron chi connectivity index (χ0n) is 13.7. The Bertz CT molecular complexity index is 720. The highest BCUT2D eigenvalue weighted by Gasteiger charge is 2.51. The maximum atomic E-state index is 12.5. The normalized spacial score (nSPS) is 19.0. The second-order valence-corrected chi connectivity index (χ2v) is 6.91. The lowest BCUT2D eigenvalue weighted by molar-refractivity contribution is -0.132. The number of methoxy groups -OCH3 is 1. The summed E-state index contributed by atoms with van der Waals surface area (Å²) in [6.45, 7) is 4.95. The number of carbonyl (C=O) groups excluding carboxylic acids is 1. The third-order valence-electron chi connectivity index (χ3n) is 4.79. The molecule has 22 heavy (non-hydrogen) atoms. The maximum absolute atomic E-state index is 12.5. The molecule has 1 aliphatic carbocycles. The summed E-state index contributed by atoms with van der Waals surface area (Å²) in [4.78, 5) is 14.3. The fourth-order valence-electron chi connectivity index (χ4n) is 3.14. The van der Waals surface area contributed by atoms with Gasteiger partial charge in [-0.25, -0.2) is 0 Å². The van der Waals surface area contributed by atoms with Crippen LogP contribution in [0.2, 0.25) is 0 Å². The third-order valence-corrected chi connectivity index (χ3v) is 4.79. The zero-order chi connectivity index (χ0) is 15.9. The van der Waals surface area contributed by atoms with Crippen molar-refractivity contribution in [1.82, 2.24) is 4.90 Å². The summed E-state index contributed by atoms with van der Waals surface area (Å²) < 4.78 is 5.43. The van der Waals surface area contributed by atoms with Crippen LogP contribution in [0.25, 0.3) is 10.8 Å². The van der Waals surface area contributed by atoms with Gasteiger partial charge in [0, 0.05) is 24.9 Å². The molecule has 1 aliphatic rings. The number of hydrogen-bond acceptors (Lipinski definition) is 2. The van der Waals surface area contributed by atoms with E-state index in [0.717, 1.165) is 28.5 Å². The first-order chi connectivity index (χ1) is 10.4. The Morgan fingerprint density at radius 3 is 2.45 bits per heavy atom. The molecule has 3 nitrogen and oxygen atoms in total. The van der Waals surface area contributed by atoms with Gasteiger partial charge < -0.3 is 9.64 Å². The van der Waals surface area contributed by atoms with Crippen molar-refractivity contribution in [3.8, 4) is 5.75 Å². The predicted molar refractivity (Wildman–Crippen MR) is 88.9 cm³/mol. The minimum Gasteiger partial charge on any atom is -0.496 e. The highest BCUT2D eigenvalue weighted by molar-refractivity contribution is 5.91. The number of rotatable bonds is 4. The van der Waals surface area contributed by atoms with E-state index in [1.807, 2.05) is 30.1 Å². The molecule has 0 aromatic heterocycles. The lowest BCUT2D eigenvalue weighted by atomic mass is 10.0. The van der Waals surface area contributed by atoms with Crippen LogP contribution in [0.4, 0.5) is 0 Å². The van der Waals surface area contributed by atoms with Crippen LogP contribution in [0.1, 0.15) is 25.8 Å². The van der Waals surface area contributed by atoms with Gasteiger partial charge in [0.1, 0.15) is 5.75 Å². The van der Waals surface area contributed by atoms with Gasteiger partial charge in [0.05, 0.1) is 7.11 Å². The molecule has 1 amide bonds. The van der Waals surface area contributed by atoms with Crippen LogP contribution >= 0.6 is 0 Å². The average molecular weight is 297 g/mol. The molecule has 0 radical (unpaired) electrons. The molecule has 0 N–H and O–H groups in total. The minimum atomic E-state index is 0.174. The molecule has 0 bridgehead atoms. The standard InChI is InChI=1S/C19H23NO2/c1-19(2)11-16(19)18(21)20(3)12-13-9-10-17(22-4)15-8-6-5-7-14(13)15/h5-10,16H,11-12H2,1-4H3. The topological polar surface area (TPSA) is 29.5 Å². The first-order valence-electron chi connectivity index (χ1n) is 7.73. The molecule has 1 fully saturated rings. The van der Waals surface area contributed by atoms with Crippen LogP contribution in [0.15, 0.2) is 36.4 Å². The Balaban J connectivity index is 1.87. The van der Waals surface area contributed by atoms with Gasteiger partial charge in [-0.05, 0) is 28.9 Å². The fourth-order valence-corrected chi connectivity index (χ4v) is 3.14. The van der Waals surface area contributed by atoms with E-state index in [1.165, 1.54) is 0 Å². The molecule has 0 spiro atoms. The van der Waals surface area contributed by atoms with Gasteiger partial charge in [-0.15, -0.1) is 0 Å².